The van der Waals surface area contributed by atoms with E-state index in [1.54, 1.807) is 0 Å². The Labute approximate surface area is 103 Å². The van der Waals surface area contributed by atoms with Crippen molar-refractivity contribution in [2.75, 3.05) is 12.3 Å². The summed E-state index contributed by atoms with van der Waals surface area (Å²) < 4.78 is 29.0. The van der Waals surface area contributed by atoms with Gasteiger partial charge in [0.1, 0.15) is 0 Å². The molecule has 2 N–H and O–H groups in total. The molecule has 0 aliphatic heterocycles. The number of hydrogen-bond donors (Lipinski definition) is 2. The van der Waals surface area contributed by atoms with Crippen LogP contribution < -0.4 is 5.32 Å². The zero-order chi connectivity index (χ0) is 9.83. The molecule has 13 heavy (non-hydrogen) atoms. The summed E-state index contributed by atoms with van der Waals surface area (Å²) in [7, 11) is -3.78. The third-order valence-electron chi connectivity index (χ3n) is 1.23. The summed E-state index contributed by atoms with van der Waals surface area (Å²) in [6.07, 6.45) is 0.441. The van der Waals surface area contributed by atoms with Gasteiger partial charge in [-0.25, -0.2) is 0 Å². The standard InChI is InChI=1S/C7H17NO3S.Na/c1-7(2,3)8-5-4-6-12(9,10)11;/h8H,4-6H2,1-3H3,(H,9,10,11);. The molecule has 0 amide bonds. The molecule has 0 rings (SSSR count). The van der Waals surface area contributed by atoms with Crippen LogP contribution in [0.5, 0.6) is 0 Å². The number of nitrogens with one attached hydrogen (secondary N) is 1. The molecule has 0 aromatic rings. The van der Waals surface area contributed by atoms with Crippen molar-refractivity contribution >= 4 is 39.7 Å². The number of rotatable bonds is 4. The van der Waals surface area contributed by atoms with Crippen molar-refractivity contribution in [3.05, 3.63) is 0 Å². The molecule has 4 nitrogen and oxygen atoms in total. The molecule has 0 bridgehead atoms. The first-order valence-corrected chi connectivity index (χ1v) is 5.52. The first kappa shape index (κ1) is 16.3. The monoisotopic (exact) mass is 218 g/mol. The average molecular weight is 218 g/mol. The van der Waals surface area contributed by atoms with E-state index in [9.17, 15) is 8.42 Å². The quantitative estimate of drug-likeness (QED) is 0.404. The van der Waals surface area contributed by atoms with Crippen molar-refractivity contribution in [2.45, 2.75) is 32.7 Å². The largest absolute Gasteiger partial charge is 0.312 e. The van der Waals surface area contributed by atoms with Crippen LogP contribution in [0.1, 0.15) is 27.2 Å². The van der Waals surface area contributed by atoms with Crippen molar-refractivity contribution in [3.63, 3.8) is 0 Å². The topological polar surface area (TPSA) is 66.4 Å². The Balaban J connectivity index is 0. The minimum absolute atomic E-state index is 0. The SMILES string of the molecule is CC(C)(C)NCCCS(=O)(=O)O.[Na]. The molecule has 0 aliphatic rings. The van der Waals surface area contributed by atoms with Crippen LogP contribution in [0.2, 0.25) is 0 Å². The number of hydrogen-bond acceptors (Lipinski definition) is 3. The fraction of sp³-hybridized carbons (Fsp3) is 1.00. The van der Waals surface area contributed by atoms with Crippen LogP contribution in [-0.2, 0) is 10.1 Å². The molecule has 0 atom stereocenters. The molecule has 0 saturated heterocycles. The minimum atomic E-state index is -3.78. The summed E-state index contributed by atoms with van der Waals surface area (Å²) in [5.41, 5.74) is -0.000776. The average Bonchev–Trinajstić information content (AvgIpc) is 1.76. The van der Waals surface area contributed by atoms with E-state index < -0.39 is 10.1 Å². The van der Waals surface area contributed by atoms with Gasteiger partial charge in [-0.15, -0.1) is 0 Å². The third-order valence-corrected chi connectivity index (χ3v) is 2.04. The Morgan fingerprint density at radius 1 is 1.31 bits per heavy atom. The van der Waals surface area contributed by atoms with Crippen LogP contribution in [0.3, 0.4) is 0 Å². The maximum Gasteiger partial charge on any atom is 0.264 e. The Hall–Kier alpha value is 0.870. The molecular formula is C7H17NNaO3S. The Kier molecular flexibility index (Phi) is 7.99. The summed E-state index contributed by atoms with van der Waals surface area (Å²) in [5.74, 6) is -0.171. The minimum Gasteiger partial charge on any atom is -0.312 e. The van der Waals surface area contributed by atoms with Gasteiger partial charge in [0, 0.05) is 35.1 Å². The van der Waals surface area contributed by atoms with Crippen LogP contribution in [-0.4, -0.2) is 60.4 Å². The van der Waals surface area contributed by atoms with E-state index in [1.807, 2.05) is 20.8 Å². The molecule has 0 heterocycles. The molecule has 0 spiro atoms. The van der Waals surface area contributed by atoms with Gasteiger partial charge in [0.2, 0.25) is 0 Å². The molecule has 0 saturated carbocycles. The molecule has 0 aromatic carbocycles. The van der Waals surface area contributed by atoms with Gasteiger partial charge in [-0.3, -0.25) is 4.55 Å². The van der Waals surface area contributed by atoms with E-state index in [0.717, 1.165) is 0 Å². The molecule has 0 fully saturated rings. The van der Waals surface area contributed by atoms with Gasteiger partial charge in [-0.05, 0) is 33.7 Å². The fourth-order valence-electron chi connectivity index (χ4n) is 0.718. The van der Waals surface area contributed by atoms with Gasteiger partial charge in [0.15, 0.2) is 0 Å². The van der Waals surface area contributed by atoms with E-state index in [1.165, 1.54) is 0 Å². The Morgan fingerprint density at radius 3 is 2.08 bits per heavy atom. The van der Waals surface area contributed by atoms with Gasteiger partial charge in [-0.1, -0.05) is 0 Å². The van der Waals surface area contributed by atoms with E-state index in [2.05, 4.69) is 5.32 Å². The molecule has 6 heteroatoms. The van der Waals surface area contributed by atoms with Crippen LogP contribution in [0, 0.1) is 0 Å². The second-order valence-electron chi connectivity index (χ2n) is 3.82. The van der Waals surface area contributed by atoms with Gasteiger partial charge < -0.3 is 5.32 Å². The van der Waals surface area contributed by atoms with Gasteiger partial charge in [0.25, 0.3) is 10.1 Å². The van der Waals surface area contributed by atoms with E-state index in [-0.39, 0.29) is 40.8 Å². The normalized spacial score (nSPS) is 12.3. The zero-order valence-electron chi connectivity index (χ0n) is 8.79. The first-order chi connectivity index (χ1) is 5.21. The van der Waals surface area contributed by atoms with Gasteiger partial charge in [0.05, 0.1) is 5.75 Å². The fourth-order valence-corrected chi connectivity index (χ4v) is 1.23. The molecule has 75 valence electrons. The Morgan fingerprint density at radius 2 is 1.77 bits per heavy atom. The molecule has 1 radical (unpaired) electrons. The predicted molar refractivity (Wildman–Crippen MR) is 54.5 cm³/mol. The second kappa shape index (κ2) is 6.37. The summed E-state index contributed by atoms with van der Waals surface area (Å²) >= 11 is 0. The maximum absolute atomic E-state index is 10.3. The zero-order valence-corrected chi connectivity index (χ0v) is 11.6. The first-order valence-electron chi connectivity index (χ1n) is 3.91. The predicted octanol–water partition coefficient (Wildman–Crippen LogP) is 0.272. The summed E-state index contributed by atoms with van der Waals surface area (Å²) in [4.78, 5) is 0. The van der Waals surface area contributed by atoms with Crippen molar-refractivity contribution in [2.24, 2.45) is 0 Å². The van der Waals surface area contributed by atoms with Crippen LogP contribution in [0.25, 0.3) is 0 Å². The van der Waals surface area contributed by atoms with E-state index >= 15 is 0 Å². The van der Waals surface area contributed by atoms with Crippen LogP contribution in [0.4, 0.5) is 0 Å². The molecular weight excluding hydrogens is 201 g/mol. The third kappa shape index (κ3) is 15.6. The van der Waals surface area contributed by atoms with Crippen molar-refractivity contribution in [1.29, 1.82) is 0 Å². The van der Waals surface area contributed by atoms with Crippen LogP contribution >= 0.6 is 0 Å². The van der Waals surface area contributed by atoms with Gasteiger partial charge in [-0.2, -0.15) is 8.42 Å². The Bertz CT molecular complexity index is 220. The smallest absolute Gasteiger partial charge is 0.264 e. The van der Waals surface area contributed by atoms with E-state index in [4.69, 9.17) is 4.55 Å². The van der Waals surface area contributed by atoms with E-state index in [0.29, 0.717) is 13.0 Å². The summed E-state index contributed by atoms with van der Waals surface area (Å²) in [6, 6.07) is 0. The van der Waals surface area contributed by atoms with Gasteiger partial charge >= 0.3 is 0 Å². The maximum atomic E-state index is 10.3. The van der Waals surface area contributed by atoms with Crippen molar-refractivity contribution in [1.82, 2.24) is 5.32 Å². The van der Waals surface area contributed by atoms with Crippen molar-refractivity contribution in [3.8, 4) is 0 Å². The van der Waals surface area contributed by atoms with Crippen LogP contribution in [0.15, 0.2) is 0 Å². The molecule has 0 aromatic heterocycles. The molecule has 0 unspecified atom stereocenters. The summed E-state index contributed by atoms with van der Waals surface area (Å²) in [6.45, 7) is 6.60. The summed E-state index contributed by atoms with van der Waals surface area (Å²) in [5, 5.41) is 3.12. The second-order valence-corrected chi connectivity index (χ2v) is 5.39. The molecule has 0 aliphatic carbocycles. The van der Waals surface area contributed by atoms with Crippen molar-refractivity contribution < 1.29 is 13.0 Å².